The molecule has 0 saturated heterocycles. The van der Waals surface area contributed by atoms with Gasteiger partial charge >= 0.3 is 0 Å². The standard InChI is InChI=1S/C13H24N2OS/c1-8(2)6-9(14)11(16)10-7-17-12(15-10)13(3,4)5/h7-9,11,16H,6,14H2,1-5H3. The van der Waals surface area contributed by atoms with E-state index in [1.54, 1.807) is 11.3 Å². The lowest BCUT2D eigenvalue weighted by atomic mass is 9.97. The van der Waals surface area contributed by atoms with E-state index in [1.807, 2.05) is 5.38 Å². The predicted molar refractivity (Wildman–Crippen MR) is 73.2 cm³/mol. The van der Waals surface area contributed by atoms with Crippen LogP contribution >= 0.6 is 11.3 Å². The fourth-order valence-electron chi connectivity index (χ4n) is 1.66. The van der Waals surface area contributed by atoms with Crippen LogP contribution < -0.4 is 5.73 Å². The van der Waals surface area contributed by atoms with Gasteiger partial charge in [0.25, 0.3) is 0 Å². The van der Waals surface area contributed by atoms with Crippen LogP contribution in [0.2, 0.25) is 0 Å². The second-order valence-electron chi connectivity index (χ2n) is 6.07. The minimum Gasteiger partial charge on any atom is -0.385 e. The Hall–Kier alpha value is -0.450. The molecule has 17 heavy (non-hydrogen) atoms. The highest BCUT2D eigenvalue weighted by Gasteiger charge is 2.24. The first kappa shape index (κ1) is 14.6. The first-order valence-electron chi connectivity index (χ1n) is 6.11. The van der Waals surface area contributed by atoms with Crippen molar-refractivity contribution in [2.24, 2.45) is 11.7 Å². The van der Waals surface area contributed by atoms with E-state index in [9.17, 15) is 5.11 Å². The molecule has 1 aromatic rings. The molecule has 98 valence electrons. The van der Waals surface area contributed by atoms with Crippen molar-refractivity contribution in [3.05, 3.63) is 16.1 Å². The van der Waals surface area contributed by atoms with Crippen LogP contribution in [-0.2, 0) is 5.41 Å². The highest BCUT2D eigenvalue weighted by molar-refractivity contribution is 7.09. The number of hydrogen-bond donors (Lipinski definition) is 2. The van der Waals surface area contributed by atoms with E-state index in [4.69, 9.17) is 5.73 Å². The third kappa shape index (κ3) is 4.05. The summed E-state index contributed by atoms with van der Waals surface area (Å²) in [7, 11) is 0. The van der Waals surface area contributed by atoms with Gasteiger partial charge in [0.2, 0.25) is 0 Å². The van der Waals surface area contributed by atoms with Gasteiger partial charge in [-0.1, -0.05) is 34.6 Å². The summed E-state index contributed by atoms with van der Waals surface area (Å²) in [6.07, 6.45) is 0.161. The lowest BCUT2D eigenvalue weighted by Gasteiger charge is -2.19. The van der Waals surface area contributed by atoms with Crippen LogP contribution in [-0.4, -0.2) is 16.1 Å². The summed E-state index contributed by atoms with van der Waals surface area (Å²) in [5.41, 5.74) is 6.73. The molecule has 0 aliphatic carbocycles. The molecule has 0 aliphatic rings. The molecule has 0 fully saturated rings. The van der Waals surface area contributed by atoms with Crippen LogP contribution in [0, 0.1) is 5.92 Å². The van der Waals surface area contributed by atoms with Gasteiger partial charge in [0.15, 0.2) is 0 Å². The van der Waals surface area contributed by atoms with E-state index >= 15 is 0 Å². The highest BCUT2D eigenvalue weighted by Crippen LogP contribution is 2.29. The Kier molecular flexibility index (Phi) is 4.69. The molecular weight excluding hydrogens is 232 g/mol. The molecule has 0 saturated carbocycles. The lowest BCUT2D eigenvalue weighted by Crippen LogP contribution is -2.30. The summed E-state index contributed by atoms with van der Waals surface area (Å²) in [6, 6.07) is -0.232. The van der Waals surface area contributed by atoms with Crippen molar-refractivity contribution in [3.8, 4) is 0 Å². The predicted octanol–water partition coefficient (Wildman–Crippen LogP) is 2.85. The van der Waals surface area contributed by atoms with Crippen LogP contribution in [0.4, 0.5) is 0 Å². The van der Waals surface area contributed by atoms with Crippen molar-refractivity contribution in [2.75, 3.05) is 0 Å². The van der Waals surface area contributed by atoms with E-state index in [1.165, 1.54) is 0 Å². The van der Waals surface area contributed by atoms with Crippen molar-refractivity contribution in [1.82, 2.24) is 4.98 Å². The summed E-state index contributed by atoms with van der Waals surface area (Å²) in [5.74, 6) is 0.486. The molecule has 3 N–H and O–H groups in total. The molecule has 0 aromatic carbocycles. The minimum absolute atomic E-state index is 0.0325. The zero-order valence-corrected chi connectivity index (χ0v) is 12.2. The quantitative estimate of drug-likeness (QED) is 0.871. The van der Waals surface area contributed by atoms with Crippen LogP contribution in [0.3, 0.4) is 0 Å². The van der Waals surface area contributed by atoms with Gasteiger partial charge < -0.3 is 10.8 Å². The summed E-state index contributed by atoms with van der Waals surface area (Å²) in [5, 5.41) is 13.1. The van der Waals surface area contributed by atoms with Gasteiger partial charge in [0.1, 0.15) is 6.10 Å². The number of aliphatic hydroxyl groups is 1. The largest absolute Gasteiger partial charge is 0.385 e. The third-order valence-electron chi connectivity index (χ3n) is 2.62. The van der Waals surface area contributed by atoms with Crippen molar-refractivity contribution in [1.29, 1.82) is 0 Å². The molecule has 0 radical (unpaired) electrons. The molecule has 0 spiro atoms. The van der Waals surface area contributed by atoms with E-state index in [0.29, 0.717) is 11.6 Å². The maximum atomic E-state index is 10.1. The van der Waals surface area contributed by atoms with Gasteiger partial charge in [-0.3, -0.25) is 0 Å². The average molecular weight is 256 g/mol. The first-order chi connectivity index (χ1) is 7.71. The van der Waals surface area contributed by atoms with Crippen LogP contribution in [0.1, 0.15) is 57.8 Å². The summed E-state index contributed by atoms with van der Waals surface area (Å²) < 4.78 is 0. The second-order valence-corrected chi connectivity index (χ2v) is 6.92. The van der Waals surface area contributed by atoms with Gasteiger partial charge in [-0.15, -0.1) is 11.3 Å². The zero-order valence-electron chi connectivity index (χ0n) is 11.4. The maximum absolute atomic E-state index is 10.1. The lowest BCUT2D eigenvalue weighted by molar-refractivity contribution is 0.132. The molecule has 1 rings (SSSR count). The second kappa shape index (κ2) is 5.46. The summed E-state index contributed by atoms with van der Waals surface area (Å²) in [4.78, 5) is 4.50. The average Bonchev–Trinajstić information content (AvgIpc) is 2.63. The van der Waals surface area contributed by atoms with Crippen LogP contribution in [0.15, 0.2) is 5.38 Å². The number of aliphatic hydroxyl groups excluding tert-OH is 1. The fraction of sp³-hybridized carbons (Fsp3) is 0.769. The van der Waals surface area contributed by atoms with Crippen LogP contribution in [0.5, 0.6) is 0 Å². The summed E-state index contributed by atoms with van der Waals surface area (Å²) in [6.45, 7) is 10.6. The van der Waals surface area contributed by atoms with Gasteiger partial charge in [0.05, 0.1) is 10.7 Å². The first-order valence-corrected chi connectivity index (χ1v) is 6.99. The van der Waals surface area contributed by atoms with E-state index in [0.717, 1.165) is 11.4 Å². The van der Waals surface area contributed by atoms with Gasteiger partial charge in [-0.05, 0) is 12.3 Å². The number of thiazole rings is 1. The van der Waals surface area contributed by atoms with E-state index < -0.39 is 6.10 Å². The minimum atomic E-state index is -0.648. The Bertz CT molecular complexity index is 355. The molecule has 4 heteroatoms. The normalized spacial score (nSPS) is 16.2. The van der Waals surface area contributed by atoms with Crippen molar-refractivity contribution < 1.29 is 5.11 Å². The number of rotatable bonds is 4. The Balaban J connectivity index is 2.76. The Morgan fingerprint density at radius 3 is 2.41 bits per heavy atom. The number of hydrogen-bond acceptors (Lipinski definition) is 4. The Labute approximate surface area is 108 Å². The molecule has 1 aromatic heterocycles. The van der Waals surface area contributed by atoms with Crippen molar-refractivity contribution in [3.63, 3.8) is 0 Å². The van der Waals surface area contributed by atoms with E-state index in [-0.39, 0.29) is 11.5 Å². The zero-order chi connectivity index (χ0) is 13.2. The third-order valence-corrected chi connectivity index (χ3v) is 3.90. The smallest absolute Gasteiger partial charge is 0.112 e. The Morgan fingerprint density at radius 1 is 1.41 bits per heavy atom. The molecular formula is C13H24N2OS. The molecule has 0 aliphatic heterocycles. The molecule has 3 nitrogen and oxygen atoms in total. The van der Waals surface area contributed by atoms with Crippen molar-refractivity contribution >= 4 is 11.3 Å². The SMILES string of the molecule is CC(C)CC(N)C(O)c1csc(C(C)(C)C)n1. The number of aromatic nitrogens is 1. The van der Waals surface area contributed by atoms with Gasteiger partial charge in [0, 0.05) is 16.8 Å². The molecule has 0 amide bonds. The van der Waals surface area contributed by atoms with Gasteiger partial charge in [-0.25, -0.2) is 4.98 Å². The van der Waals surface area contributed by atoms with Gasteiger partial charge in [-0.2, -0.15) is 0 Å². The number of nitrogens with two attached hydrogens (primary N) is 1. The topological polar surface area (TPSA) is 59.1 Å². The molecule has 2 atom stereocenters. The fourth-order valence-corrected chi connectivity index (χ4v) is 2.60. The number of nitrogens with zero attached hydrogens (tertiary/aromatic N) is 1. The molecule has 1 heterocycles. The van der Waals surface area contributed by atoms with Crippen molar-refractivity contribution in [2.45, 2.75) is 58.6 Å². The monoisotopic (exact) mass is 256 g/mol. The van der Waals surface area contributed by atoms with E-state index in [2.05, 4.69) is 39.6 Å². The molecule has 0 bridgehead atoms. The summed E-state index contributed by atoms with van der Waals surface area (Å²) >= 11 is 1.59. The Morgan fingerprint density at radius 2 is 2.00 bits per heavy atom. The molecule has 2 unspecified atom stereocenters. The highest BCUT2D eigenvalue weighted by atomic mass is 32.1. The van der Waals surface area contributed by atoms with Crippen LogP contribution in [0.25, 0.3) is 0 Å². The maximum Gasteiger partial charge on any atom is 0.112 e.